The number of hydrogen-bond acceptors (Lipinski definition) is 7. The van der Waals surface area contributed by atoms with Crippen LogP contribution in [0.3, 0.4) is 0 Å². The Kier molecular flexibility index (Phi) is 4.67. The third-order valence-corrected chi connectivity index (χ3v) is 4.24. The van der Waals surface area contributed by atoms with Gasteiger partial charge in [-0.1, -0.05) is 48.6 Å². The fraction of sp³-hybridized carbons (Fsp3) is 0.286. The largest absolute Gasteiger partial charge is 0.299 e. The van der Waals surface area contributed by atoms with Gasteiger partial charge in [-0.15, -0.1) is 15.3 Å². The van der Waals surface area contributed by atoms with Gasteiger partial charge in [0.1, 0.15) is 17.4 Å². The number of aryl methyl sites for hydroxylation is 1. The van der Waals surface area contributed by atoms with Crippen LogP contribution in [0.1, 0.15) is 23.5 Å². The lowest BCUT2D eigenvalue weighted by atomic mass is 10.1. The number of hydrogen-bond donors (Lipinski definition) is 1. The van der Waals surface area contributed by atoms with Crippen LogP contribution in [0.5, 0.6) is 0 Å². The molecule has 0 spiro atoms. The molecule has 118 valence electrons. The van der Waals surface area contributed by atoms with Crippen LogP contribution in [0.2, 0.25) is 0 Å². The molecule has 0 aliphatic carbocycles. The van der Waals surface area contributed by atoms with Gasteiger partial charge in [0, 0.05) is 6.42 Å². The van der Waals surface area contributed by atoms with E-state index in [9.17, 15) is 4.79 Å². The Morgan fingerprint density at radius 1 is 1.30 bits per heavy atom. The van der Waals surface area contributed by atoms with Crippen LogP contribution in [-0.2, 0) is 17.6 Å². The smallest absolute Gasteiger partial charge is 0.251 e. The highest BCUT2D eigenvalue weighted by Crippen LogP contribution is 2.19. The van der Waals surface area contributed by atoms with E-state index in [1.54, 1.807) is 0 Å². The molecule has 0 unspecified atom stereocenters. The normalized spacial score (nSPS) is 12.0. The minimum atomic E-state index is -0.554. The molecule has 1 atom stereocenters. The predicted molar refractivity (Wildman–Crippen MR) is 84.9 cm³/mol. The van der Waals surface area contributed by atoms with Gasteiger partial charge in [-0.25, -0.2) is 4.68 Å². The summed E-state index contributed by atoms with van der Waals surface area (Å²) in [5, 5.41) is 23.2. The standard InChI is InChI=1S/C14H15N7OS/c1-2-12-17-18-14(23-12)16-13(22)11(21-9-15-19-20-21)8-10-6-4-3-5-7-10/h3-7,9,11H,2,8H2,1H3,(H,16,18,22)/t11-/m0/s1. The number of carbonyl (C=O) groups is 1. The molecule has 2 heterocycles. The van der Waals surface area contributed by atoms with Crippen LogP contribution >= 0.6 is 11.3 Å². The van der Waals surface area contributed by atoms with E-state index in [1.807, 2.05) is 37.3 Å². The summed E-state index contributed by atoms with van der Waals surface area (Å²) in [6.07, 6.45) is 2.70. The van der Waals surface area contributed by atoms with E-state index >= 15 is 0 Å². The van der Waals surface area contributed by atoms with Crippen LogP contribution in [-0.4, -0.2) is 36.3 Å². The topological polar surface area (TPSA) is 98.5 Å². The number of aromatic nitrogens is 6. The van der Waals surface area contributed by atoms with Crippen LogP contribution in [0.4, 0.5) is 5.13 Å². The lowest BCUT2D eigenvalue weighted by Crippen LogP contribution is -2.28. The second-order valence-corrected chi connectivity index (χ2v) is 5.90. The van der Waals surface area contributed by atoms with Crippen LogP contribution < -0.4 is 5.32 Å². The van der Waals surface area contributed by atoms with Crippen molar-refractivity contribution in [2.24, 2.45) is 0 Å². The van der Waals surface area contributed by atoms with E-state index in [-0.39, 0.29) is 5.91 Å². The number of nitrogens with zero attached hydrogens (tertiary/aromatic N) is 6. The Balaban J connectivity index is 1.78. The van der Waals surface area contributed by atoms with Crippen molar-refractivity contribution in [2.75, 3.05) is 5.32 Å². The number of carbonyl (C=O) groups excluding carboxylic acids is 1. The summed E-state index contributed by atoms with van der Waals surface area (Å²) < 4.78 is 1.45. The van der Waals surface area contributed by atoms with Gasteiger partial charge in [0.15, 0.2) is 0 Å². The van der Waals surface area contributed by atoms with Crippen molar-refractivity contribution >= 4 is 22.4 Å². The molecule has 1 N–H and O–H groups in total. The average molecular weight is 329 g/mol. The third kappa shape index (κ3) is 3.75. The zero-order chi connectivity index (χ0) is 16.1. The Bertz CT molecular complexity index is 757. The molecule has 0 radical (unpaired) electrons. The number of tetrazole rings is 1. The van der Waals surface area contributed by atoms with Crippen molar-refractivity contribution in [3.63, 3.8) is 0 Å². The zero-order valence-corrected chi connectivity index (χ0v) is 13.3. The minimum Gasteiger partial charge on any atom is -0.299 e. The highest BCUT2D eigenvalue weighted by atomic mass is 32.1. The Hall–Kier alpha value is -2.68. The highest BCUT2D eigenvalue weighted by Gasteiger charge is 2.23. The number of rotatable bonds is 6. The van der Waals surface area contributed by atoms with E-state index in [0.29, 0.717) is 11.6 Å². The number of benzene rings is 1. The van der Waals surface area contributed by atoms with Gasteiger partial charge >= 0.3 is 0 Å². The Labute approximate surface area is 136 Å². The molecule has 1 aromatic carbocycles. The molecular weight excluding hydrogens is 314 g/mol. The van der Waals surface area contributed by atoms with Crippen LogP contribution in [0.15, 0.2) is 36.7 Å². The summed E-state index contributed by atoms with van der Waals surface area (Å²) in [6, 6.07) is 9.17. The van der Waals surface area contributed by atoms with Crippen molar-refractivity contribution in [3.8, 4) is 0 Å². The number of amides is 1. The predicted octanol–water partition coefficient (Wildman–Crippen LogP) is 1.51. The molecule has 3 aromatic rings. The van der Waals surface area contributed by atoms with Gasteiger partial charge in [0.2, 0.25) is 5.13 Å². The first-order chi connectivity index (χ1) is 11.3. The summed E-state index contributed by atoms with van der Waals surface area (Å²) >= 11 is 1.37. The van der Waals surface area contributed by atoms with Crippen molar-refractivity contribution < 1.29 is 4.79 Å². The van der Waals surface area contributed by atoms with Crippen molar-refractivity contribution in [2.45, 2.75) is 25.8 Å². The quantitative estimate of drug-likeness (QED) is 0.736. The molecule has 0 fully saturated rings. The monoisotopic (exact) mass is 329 g/mol. The SMILES string of the molecule is CCc1nnc(NC(=O)[C@H](Cc2ccccc2)n2cnnn2)s1. The molecule has 0 aliphatic rings. The maximum Gasteiger partial charge on any atom is 0.251 e. The molecule has 1 amide bonds. The van der Waals surface area contributed by atoms with Crippen molar-refractivity contribution in [3.05, 3.63) is 47.2 Å². The van der Waals surface area contributed by atoms with Gasteiger partial charge in [-0.3, -0.25) is 10.1 Å². The summed E-state index contributed by atoms with van der Waals surface area (Å²) in [5.74, 6) is -0.222. The lowest BCUT2D eigenvalue weighted by molar-refractivity contribution is -0.119. The first kappa shape index (κ1) is 15.2. The van der Waals surface area contributed by atoms with Gasteiger partial charge in [0.05, 0.1) is 0 Å². The first-order valence-corrected chi connectivity index (χ1v) is 7.97. The fourth-order valence-electron chi connectivity index (χ4n) is 2.09. The zero-order valence-electron chi connectivity index (χ0n) is 12.5. The van der Waals surface area contributed by atoms with Crippen LogP contribution in [0, 0.1) is 0 Å². The molecular formula is C14H15N7OS. The van der Waals surface area contributed by atoms with E-state index < -0.39 is 6.04 Å². The fourth-order valence-corrected chi connectivity index (χ4v) is 2.77. The van der Waals surface area contributed by atoms with Crippen molar-refractivity contribution in [1.29, 1.82) is 0 Å². The molecule has 0 saturated carbocycles. The van der Waals surface area contributed by atoms with Crippen molar-refractivity contribution in [1.82, 2.24) is 30.4 Å². The van der Waals surface area contributed by atoms with Gasteiger partial charge in [0.25, 0.3) is 5.91 Å². The Morgan fingerprint density at radius 2 is 2.13 bits per heavy atom. The molecule has 23 heavy (non-hydrogen) atoms. The third-order valence-electron chi connectivity index (χ3n) is 3.26. The first-order valence-electron chi connectivity index (χ1n) is 7.16. The van der Waals surface area contributed by atoms with E-state index in [2.05, 4.69) is 31.0 Å². The Morgan fingerprint density at radius 3 is 2.78 bits per heavy atom. The molecule has 0 saturated heterocycles. The maximum absolute atomic E-state index is 12.6. The summed E-state index contributed by atoms with van der Waals surface area (Å²) in [7, 11) is 0. The van der Waals surface area contributed by atoms with E-state index in [1.165, 1.54) is 22.3 Å². The minimum absolute atomic E-state index is 0.222. The lowest BCUT2D eigenvalue weighted by Gasteiger charge is -2.15. The van der Waals surface area contributed by atoms with Crippen LogP contribution in [0.25, 0.3) is 0 Å². The molecule has 2 aromatic heterocycles. The maximum atomic E-state index is 12.6. The van der Waals surface area contributed by atoms with Gasteiger partial charge < -0.3 is 0 Å². The molecule has 9 heteroatoms. The highest BCUT2D eigenvalue weighted by molar-refractivity contribution is 7.15. The van der Waals surface area contributed by atoms with Gasteiger partial charge in [-0.2, -0.15) is 0 Å². The van der Waals surface area contributed by atoms with E-state index in [4.69, 9.17) is 0 Å². The second-order valence-electron chi connectivity index (χ2n) is 4.84. The number of nitrogens with one attached hydrogen (secondary N) is 1. The summed E-state index contributed by atoms with van der Waals surface area (Å²) in [6.45, 7) is 1.99. The second kappa shape index (κ2) is 7.05. The summed E-state index contributed by atoms with van der Waals surface area (Å²) in [4.78, 5) is 12.6. The molecule has 3 rings (SSSR count). The average Bonchev–Trinajstić information content (AvgIpc) is 3.25. The van der Waals surface area contributed by atoms with Gasteiger partial charge in [-0.05, 0) is 22.4 Å². The molecule has 8 nitrogen and oxygen atoms in total. The number of anilines is 1. The summed E-state index contributed by atoms with van der Waals surface area (Å²) in [5.41, 5.74) is 1.02. The van der Waals surface area contributed by atoms with E-state index in [0.717, 1.165) is 17.0 Å². The molecule has 0 aliphatic heterocycles. The molecule has 0 bridgehead atoms.